The third-order valence-electron chi connectivity index (χ3n) is 2.16. The Morgan fingerprint density at radius 3 is 2.58 bits per heavy atom. The third-order valence-corrected chi connectivity index (χ3v) is 2.39. The van der Waals surface area contributed by atoms with Crippen LogP contribution in [0, 0.1) is 5.82 Å². The highest BCUT2D eigenvalue weighted by molar-refractivity contribution is 6.30. The van der Waals surface area contributed by atoms with Crippen molar-refractivity contribution in [3.63, 3.8) is 0 Å². The van der Waals surface area contributed by atoms with Crippen LogP contribution >= 0.6 is 11.6 Å². The molecule has 0 spiro atoms. The van der Waals surface area contributed by atoms with E-state index in [-0.39, 0.29) is 10.7 Å². The van der Waals surface area contributed by atoms with E-state index in [0.29, 0.717) is 0 Å². The average molecular weight is 299 g/mol. The van der Waals surface area contributed by atoms with E-state index in [2.05, 4.69) is 5.32 Å². The molecular weight excluding hydrogens is 288 g/mol. The molecule has 0 saturated carbocycles. The van der Waals surface area contributed by atoms with Crippen molar-refractivity contribution in [1.82, 2.24) is 5.32 Å². The van der Waals surface area contributed by atoms with Gasteiger partial charge in [0, 0.05) is 5.02 Å². The van der Waals surface area contributed by atoms with Gasteiger partial charge in [0.1, 0.15) is 18.4 Å². The van der Waals surface area contributed by atoms with Gasteiger partial charge in [-0.3, -0.25) is 4.79 Å². The van der Waals surface area contributed by atoms with Gasteiger partial charge in [-0.25, -0.2) is 4.39 Å². The first-order valence-corrected chi connectivity index (χ1v) is 5.63. The molecule has 8 heteroatoms. The Labute approximate surface area is 111 Å². The van der Waals surface area contributed by atoms with Gasteiger partial charge in [0.15, 0.2) is 0 Å². The molecule has 0 saturated heterocycles. The number of rotatable bonds is 4. The lowest BCUT2D eigenvalue weighted by molar-refractivity contribution is -0.138. The van der Waals surface area contributed by atoms with Crippen molar-refractivity contribution in [3.05, 3.63) is 29.0 Å². The van der Waals surface area contributed by atoms with Crippen molar-refractivity contribution in [2.45, 2.75) is 19.1 Å². The number of carbonyl (C=O) groups excluding carboxylic acids is 1. The van der Waals surface area contributed by atoms with E-state index in [0.717, 1.165) is 6.07 Å². The van der Waals surface area contributed by atoms with Gasteiger partial charge in [-0.05, 0) is 25.1 Å². The summed E-state index contributed by atoms with van der Waals surface area (Å²) >= 11 is 5.54. The number of benzene rings is 1. The van der Waals surface area contributed by atoms with Crippen LogP contribution in [0.2, 0.25) is 5.02 Å². The van der Waals surface area contributed by atoms with E-state index in [1.54, 1.807) is 5.32 Å². The van der Waals surface area contributed by atoms with Crippen molar-refractivity contribution in [2.24, 2.45) is 0 Å². The molecule has 1 aromatic carbocycles. The molecule has 0 fully saturated rings. The summed E-state index contributed by atoms with van der Waals surface area (Å²) in [6.07, 6.45) is -4.49. The van der Waals surface area contributed by atoms with Crippen molar-refractivity contribution < 1.29 is 22.4 Å². The van der Waals surface area contributed by atoms with Crippen LogP contribution in [0.1, 0.15) is 6.92 Å². The fraction of sp³-hybridized carbons (Fsp3) is 0.364. The summed E-state index contributed by atoms with van der Waals surface area (Å²) in [7, 11) is 0. The Balaban J connectivity index is 2.59. The Bertz CT molecular complexity index is 464. The zero-order valence-electron chi connectivity index (χ0n) is 9.81. The zero-order chi connectivity index (χ0) is 14.6. The van der Waals surface area contributed by atoms with Crippen molar-refractivity contribution in [3.8, 4) is 0 Å². The molecule has 0 aliphatic carbocycles. The number of nitrogens with one attached hydrogen (secondary N) is 2. The highest BCUT2D eigenvalue weighted by Gasteiger charge is 2.28. The minimum atomic E-state index is -4.49. The molecule has 1 amide bonds. The Morgan fingerprint density at radius 2 is 2.05 bits per heavy atom. The van der Waals surface area contributed by atoms with E-state index in [9.17, 15) is 22.4 Å². The summed E-state index contributed by atoms with van der Waals surface area (Å²) in [4.78, 5) is 11.4. The topological polar surface area (TPSA) is 41.1 Å². The Kier molecular flexibility index (Phi) is 4.99. The summed E-state index contributed by atoms with van der Waals surface area (Å²) < 4.78 is 49.1. The lowest BCUT2D eigenvalue weighted by atomic mass is 10.2. The van der Waals surface area contributed by atoms with E-state index in [1.165, 1.54) is 19.1 Å². The van der Waals surface area contributed by atoms with Gasteiger partial charge in [0.2, 0.25) is 5.91 Å². The molecule has 0 heterocycles. The quantitative estimate of drug-likeness (QED) is 0.839. The van der Waals surface area contributed by atoms with E-state index < -0.39 is 30.5 Å². The molecule has 0 aliphatic heterocycles. The predicted molar refractivity (Wildman–Crippen MR) is 63.6 cm³/mol. The van der Waals surface area contributed by atoms with Gasteiger partial charge < -0.3 is 10.6 Å². The molecule has 1 unspecified atom stereocenters. The van der Waals surface area contributed by atoms with Gasteiger partial charge in [-0.2, -0.15) is 13.2 Å². The normalized spacial score (nSPS) is 12.9. The first kappa shape index (κ1) is 15.6. The summed E-state index contributed by atoms with van der Waals surface area (Å²) in [5.74, 6) is -1.57. The lowest BCUT2D eigenvalue weighted by Gasteiger charge is -2.16. The minimum Gasteiger partial charge on any atom is -0.372 e. The zero-order valence-corrected chi connectivity index (χ0v) is 10.6. The molecular formula is C11H11ClF4N2O. The molecule has 0 bridgehead atoms. The van der Waals surface area contributed by atoms with Crippen molar-refractivity contribution >= 4 is 23.2 Å². The maximum Gasteiger partial charge on any atom is 0.405 e. The van der Waals surface area contributed by atoms with Crippen LogP contribution in [0.3, 0.4) is 0 Å². The maximum absolute atomic E-state index is 13.4. The van der Waals surface area contributed by atoms with E-state index in [4.69, 9.17) is 11.6 Å². The Morgan fingerprint density at radius 1 is 1.42 bits per heavy atom. The SMILES string of the molecule is CC(Nc1ccc(Cl)cc1F)C(=O)NCC(F)(F)F. The van der Waals surface area contributed by atoms with Gasteiger partial charge in [-0.15, -0.1) is 0 Å². The molecule has 1 atom stereocenters. The average Bonchev–Trinajstić information content (AvgIpc) is 2.28. The largest absolute Gasteiger partial charge is 0.405 e. The second-order valence-electron chi connectivity index (χ2n) is 3.82. The smallest absolute Gasteiger partial charge is 0.372 e. The van der Waals surface area contributed by atoms with Crippen LogP contribution in [0.15, 0.2) is 18.2 Å². The number of anilines is 1. The lowest BCUT2D eigenvalue weighted by Crippen LogP contribution is -2.42. The number of amides is 1. The summed E-state index contributed by atoms with van der Waals surface area (Å²) in [5.41, 5.74) is -0.0148. The van der Waals surface area contributed by atoms with Crippen LogP contribution in [-0.4, -0.2) is 24.7 Å². The number of carbonyl (C=O) groups is 1. The molecule has 2 N–H and O–H groups in total. The predicted octanol–water partition coefficient (Wildman–Crippen LogP) is 2.96. The highest BCUT2D eigenvalue weighted by Crippen LogP contribution is 2.19. The molecule has 0 aliphatic rings. The number of hydrogen-bond donors (Lipinski definition) is 2. The monoisotopic (exact) mass is 298 g/mol. The van der Waals surface area contributed by atoms with Crippen molar-refractivity contribution in [1.29, 1.82) is 0 Å². The minimum absolute atomic E-state index is 0.0148. The van der Waals surface area contributed by atoms with Crippen LogP contribution < -0.4 is 10.6 Å². The van der Waals surface area contributed by atoms with Gasteiger partial charge in [0.05, 0.1) is 5.69 Å². The molecule has 0 radical (unpaired) electrons. The molecule has 0 aromatic heterocycles. The standard InChI is InChI=1S/C11H11ClF4N2O/c1-6(10(19)17-5-11(14,15)16)18-9-3-2-7(12)4-8(9)13/h2-4,6,18H,5H2,1H3,(H,17,19). The molecule has 106 valence electrons. The fourth-order valence-corrected chi connectivity index (χ4v) is 1.40. The van der Waals surface area contributed by atoms with Crippen LogP contribution in [-0.2, 0) is 4.79 Å². The second kappa shape index (κ2) is 6.10. The molecule has 1 rings (SSSR count). The Hall–Kier alpha value is -1.50. The van der Waals surface area contributed by atoms with E-state index >= 15 is 0 Å². The van der Waals surface area contributed by atoms with E-state index in [1.807, 2.05) is 0 Å². The summed E-state index contributed by atoms with van der Waals surface area (Å²) in [5, 5.41) is 4.34. The first-order chi connectivity index (χ1) is 8.69. The van der Waals surface area contributed by atoms with Crippen LogP contribution in [0.4, 0.5) is 23.2 Å². The summed E-state index contributed by atoms with van der Waals surface area (Å²) in [6.45, 7) is -0.110. The molecule has 19 heavy (non-hydrogen) atoms. The number of halogens is 5. The van der Waals surface area contributed by atoms with Gasteiger partial charge >= 0.3 is 6.18 Å². The van der Waals surface area contributed by atoms with Gasteiger partial charge in [-0.1, -0.05) is 11.6 Å². The van der Waals surface area contributed by atoms with Crippen molar-refractivity contribution in [2.75, 3.05) is 11.9 Å². The number of alkyl halides is 3. The van der Waals surface area contributed by atoms with Crippen LogP contribution in [0.5, 0.6) is 0 Å². The first-order valence-electron chi connectivity index (χ1n) is 5.25. The second-order valence-corrected chi connectivity index (χ2v) is 4.26. The third kappa shape index (κ3) is 5.34. The molecule has 3 nitrogen and oxygen atoms in total. The highest BCUT2D eigenvalue weighted by atomic mass is 35.5. The fourth-order valence-electron chi connectivity index (χ4n) is 1.25. The number of hydrogen-bond acceptors (Lipinski definition) is 2. The van der Waals surface area contributed by atoms with Crippen LogP contribution in [0.25, 0.3) is 0 Å². The summed E-state index contributed by atoms with van der Waals surface area (Å²) in [6, 6.07) is 2.71. The van der Waals surface area contributed by atoms with Gasteiger partial charge in [0.25, 0.3) is 0 Å². The maximum atomic E-state index is 13.4. The molecule has 1 aromatic rings.